The number of carbonyl (C=O) groups is 1. The van der Waals surface area contributed by atoms with E-state index in [2.05, 4.69) is 4.98 Å². The van der Waals surface area contributed by atoms with Crippen molar-refractivity contribution in [3.8, 4) is 5.75 Å². The van der Waals surface area contributed by atoms with E-state index in [0.29, 0.717) is 15.9 Å². The largest absolute Gasteiger partial charge is 0.492 e. The van der Waals surface area contributed by atoms with E-state index >= 15 is 0 Å². The Hall–Kier alpha value is -2.62. The lowest BCUT2D eigenvalue weighted by Crippen LogP contribution is -2.34. The Morgan fingerprint density at radius 2 is 1.96 bits per heavy atom. The fourth-order valence-corrected chi connectivity index (χ4v) is 4.86. The maximum Gasteiger partial charge on any atom is 0.266 e. The lowest BCUT2D eigenvalue weighted by molar-refractivity contribution is 0.1000. The lowest BCUT2D eigenvalue weighted by atomic mass is 10.2. The highest BCUT2D eigenvalue weighted by Crippen LogP contribution is 2.26. The monoisotopic (exact) mass is 437 g/mol. The van der Waals surface area contributed by atoms with Crippen molar-refractivity contribution in [1.82, 2.24) is 4.98 Å². The van der Waals surface area contributed by atoms with E-state index in [1.54, 1.807) is 29.6 Å². The number of nitrogens with two attached hydrogens (primary N) is 1. The maximum atomic E-state index is 13.1. The van der Waals surface area contributed by atoms with Gasteiger partial charge in [-0.05, 0) is 42.5 Å². The molecular formula is C18H16ClN3O4S2. The quantitative estimate of drug-likeness (QED) is 0.583. The predicted molar refractivity (Wildman–Crippen MR) is 109 cm³/mol. The molecule has 10 heteroatoms. The van der Waals surface area contributed by atoms with E-state index in [9.17, 15) is 13.2 Å². The Kier molecular flexibility index (Phi) is 6.18. The summed E-state index contributed by atoms with van der Waals surface area (Å²) >= 11 is 7.12. The van der Waals surface area contributed by atoms with Crippen molar-refractivity contribution in [2.45, 2.75) is 4.90 Å². The van der Waals surface area contributed by atoms with Crippen LogP contribution in [0.2, 0.25) is 5.02 Å². The normalized spacial score (nSPS) is 11.2. The number of carbonyl (C=O) groups excluding carboxylic acids is 1. The van der Waals surface area contributed by atoms with Crippen LogP contribution in [0.5, 0.6) is 5.75 Å². The Morgan fingerprint density at radius 3 is 2.57 bits per heavy atom. The highest BCUT2D eigenvalue weighted by Gasteiger charge is 2.27. The first-order valence-electron chi connectivity index (χ1n) is 8.08. The number of ether oxygens (including phenoxy) is 1. The van der Waals surface area contributed by atoms with E-state index in [4.69, 9.17) is 22.1 Å². The third-order valence-corrected chi connectivity index (χ3v) is 6.67. The van der Waals surface area contributed by atoms with Crippen LogP contribution in [0.1, 0.15) is 10.4 Å². The molecule has 0 aliphatic carbocycles. The predicted octanol–water partition coefficient (Wildman–Crippen LogP) is 3.17. The highest BCUT2D eigenvalue weighted by atomic mass is 35.5. The Labute approximate surface area is 171 Å². The molecule has 0 fully saturated rings. The lowest BCUT2D eigenvalue weighted by Gasteiger charge is -2.22. The van der Waals surface area contributed by atoms with Crippen molar-refractivity contribution in [2.75, 3.05) is 17.5 Å². The van der Waals surface area contributed by atoms with Gasteiger partial charge in [0.05, 0.1) is 11.4 Å². The molecule has 0 atom stereocenters. The molecule has 146 valence electrons. The molecule has 0 aliphatic rings. The molecule has 0 saturated heterocycles. The van der Waals surface area contributed by atoms with Crippen LogP contribution in [-0.4, -0.2) is 32.5 Å². The van der Waals surface area contributed by atoms with Gasteiger partial charge in [-0.2, -0.15) is 0 Å². The summed E-state index contributed by atoms with van der Waals surface area (Å²) in [6, 6.07) is 12.3. The molecule has 0 spiro atoms. The molecule has 0 aliphatic heterocycles. The van der Waals surface area contributed by atoms with Crippen molar-refractivity contribution in [1.29, 1.82) is 0 Å². The minimum absolute atomic E-state index is 0.0236. The van der Waals surface area contributed by atoms with Gasteiger partial charge in [-0.25, -0.2) is 17.7 Å². The van der Waals surface area contributed by atoms with Gasteiger partial charge >= 0.3 is 0 Å². The second kappa shape index (κ2) is 8.59. The number of benzene rings is 2. The summed E-state index contributed by atoms with van der Waals surface area (Å²) in [6.45, 7) is 0.137. The summed E-state index contributed by atoms with van der Waals surface area (Å²) in [4.78, 5) is 15.3. The Bertz CT molecular complexity index is 1050. The van der Waals surface area contributed by atoms with Crippen molar-refractivity contribution >= 4 is 44.0 Å². The van der Waals surface area contributed by atoms with Crippen LogP contribution < -0.4 is 14.8 Å². The van der Waals surface area contributed by atoms with Gasteiger partial charge in [-0.1, -0.05) is 17.7 Å². The van der Waals surface area contributed by atoms with E-state index in [0.717, 1.165) is 0 Å². The molecular weight excluding hydrogens is 422 g/mol. The minimum atomic E-state index is -3.91. The van der Waals surface area contributed by atoms with Crippen LogP contribution in [0.3, 0.4) is 0 Å². The summed E-state index contributed by atoms with van der Waals surface area (Å²) in [7, 11) is -3.91. The highest BCUT2D eigenvalue weighted by molar-refractivity contribution is 7.93. The first kappa shape index (κ1) is 20.1. The van der Waals surface area contributed by atoms with Crippen molar-refractivity contribution in [3.05, 3.63) is 70.7 Å². The number of hydrogen-bond acceptors (Lipinski definition) is 6. The SMILES string of the molecule is NC(=O)c1ccc(S(=O)(=O)N(CCOc2cccc(Cl)c2)c2nccs2)cc1. The average Bonchev–Trinajstić information content (AvgIpc) is 3.19. The summed E-state index contributed by atoms with van der Waals surface area (Å²) < 4.78 is 33.0. The fourth-order valence-electron chi connectivity index (χ4n) is 2.38. The van der Waals surface area contributed by atoms with Gasteiger partial charge in [-0.3, -0.25) is 4.79 Å². The summed E-state index contributed by atoms with van der Waals surface area (Å²) in [5.74, 6) is -0.0922. The van der Waals surface area contributed by atoms with Crippen LogP contribution in [0.25, 0.3) is 0 Å². The zero-order valence-corrected chi connectivity index (χ0v) is 16.9. The van der Waals surface area contributed by atoms with Crippen molar-refractivity contribution in [2.24, 2.45) is 5.73 Å². The second-order valence-electron chi connectivity index (χ2n) is 5.59. The summed E-state index contributed by atoms with van der Waals surface area (Å²) in [5.41, 5.74) is 5.43. The van der Waals surface area contributed by atoms with Crippen LogP contribution in [0.4, 0.5) is 5.13 Å². The molecule has 28 heavy (non-hydrogen) atoms. The molecule has 1 aromatic heterocycles. The molecule has 3 rings (SSSR count). The zero-order chi connectivity index (χ0) is 20.1. The number of hydrogen-bond donors (Lipinski definition) is 1. The van der Waals surface area contributed by atoms with E-state index in [1.165, 1.54) is 46.1 Å². The molecule has 0 radical (unpaired) electrons. The van der Waals surface area contributed by atoms with Crippen LogP contribution >= 0.6 is 22.9 Å². The van der Waals surface area contributed by atoms with Crippen LogP contribution in [-0.2, 0) is 10.0 Å². The number of anilines is 1. The molecule has 2 N–H and O–H groups in total. The third-order valence-electron chi connectivity index (χ3n) is 3.72. The number of halogens is 1. The van der Waals surface area contributed by atoms with Gasteiger partial charge in [0.1, 0.15) is 12.4 Å². The van der Waals surface area contributed by atoms with Gasteiger partial charge < -0.3 is 10.5 Å². The molecule has 1 heterocycles. The maximum absolute atomic E-state index is 13.1. The zero-order valence-electron chi connectivity index (χ0n) is 14.5. The third kappa shape index (κ3) is 4.61. The number of rotatable bonds is 8. The number of aromatic nitrogens is 1. The second-order valence-corrected chi connectivity index (χ2v) is 8.76. The molecule has 0 unspecified atom stereocenters. The van der Waals surface area contributed by atoms with E-state index in [1.807, 2.05) is 0 Å². The number of thiazole rings is 1. The standard InChI is InChI=1S/C18H16ClN3O4S2/c19-14-2-1-3-15(12-14)26-10-9-22(18-21-8-11-27-18)28(24,25)16-6-4-13(5-7-16)17(20)23/h1-8,11-12H,9-10H2,(H2,20,23). The summed E-state index contributed by atoms with van der Waals surface area (Å²) in [6.07, 6.45) is 1.52. The van der Waals surface area contributed by atoms with Gasteiger partial charge in [0, 0.05) is 22.2 Å². The van der Waals surface area contributed by atoms with Crippen molar-refractivity contribution < 1.29 is 17.9 Å². The number of amides is 1. The Morgan fingerprint density at radius 1 is 1.21 bits per heavy atom. The molecule has 0 bridgehead atoms. The molecule has 2 aromatic carbocycles. The fraction of sp³-hybridized carbons (Fsp3) is 0.111. The summed E-state index contributed by atoms with van der Waals surface area (Å²) in [5, 5.41) is 2.52. The molecule has 1 amide bonds. The van der Waals surface area contributed by atoms with Gasteiger partial charge in [-0.15, -0.1) is 11.3 Å². The van der Waals surface area contributed by atoms with Crippen LogP contribution in [0.15, 0.2) is 65.0 Å². The first-order chi connectivity index (χ1) is 13.4. The number of nitrogens with zero attached hydrogens (tertiary/aromatic N) is 2. The van der Waals surface area contributed by atoms with Crippen molar-refractivity contribution in [3.63, 3.8) is 0 Å². The number of sulfonamides is 1. The first-order valence-corrected chi connectivity index (χ1v) is 10.8. The minimum Gasteiger partial charge on any atom is -0.492 e. The van der Waals surface area contributed by atoms with Gasteiger partial charge in [0.2, 0.25) is 5.91 Å². The molecule has 3 aromatic rings. The topological polar surface area (TPSA) is 103 Å². The molecule has 0 saturated carbocycles. The molecule has 7 nitrogen and oxygen atoms in total. The van der Waals surface area contributed by atoms with E-state index in [-0.39, 0.29) is 23.6 Å². The number of primary amides is 1. The van der Waals surface area contributed by atoms with Crippen LogP contribution in [0, 0.1) is 0 Å². The van der Waals surface area contributed by atoms with Gasteiger partial charge in [0.15, 0.2) is 5.13 Å². The average molecular weight is 438 g/mol. The van der Waals surface area contributed by atoms with E-state index < -0.39 is 15.9 Å². The van der Waals surface area contributed by atoms with Gasteiger partial charge in [0.25, 0.3) is 10.0 Å². The smallest absolute Gasteiger partial charge is 0.266 e. The Balaban J connectivity index is 1.82.